The number of nitrogens with zero attached hydrogens (tertiary/aromatic N) is 1. The molecule has 80 valence electrons. The Balaban J connectivity index is 5.20. The first-order valence-electron chi connectivity index (χ1n) is 5.01. The maximum absolute atomic E-state index is 3.75. The number of hydrogen-bond acceptors (Lipinski definition) is 1. The molecule has 0 radical (unpaired) electrons. The molecule has 0 amide bonds. The minimum absolute atomic E-state index is 0.174. The lowest BCUT2D eigenvalue weighted by atomic mass is 9.83. The van der Waals surface area contributed by atoms with Crippen LogP contribution in [0.3, 0.4) is 0 Å². The van der Waals surface area contributed by atoms with Crippen LogP contribution in [0.5, 0.6) is 0 Å². The fourth-order valence-electron chi connectivity index (χ4n) is 1.56. The Morgan fingerprint density at radius 3 is 1.93 bits per heavy atom. The van der Waals surface area contributed by atoms with Gasteiger partial charge in [0, 0.05) is 19.8 Å². The van der Waals surface area contributed by atoms with Gasteiger partial charge in [0.1, 0.15) is 0 Å². The lowest BCUT2D eigenvalue weighted by Gasteiger charge is -2.29. The van der Waals surface area contributed by atoms with Crippen molar-refractivity contribution in [1.82, 2.24) is 4.90 Å². The van der Waals surface area contributed by atoms with Gasteiger partial charge in [0.15, 0.2) is 0 Å². The highest BCUT2D eigenvalue weighted by Gasteiger charge is 2.20. The minimum Gasteiger partial charge on any atom is -0.377 e. The first-order valence-corrected chi connectivity index (χ1v) is 5.01. The molecule has 0 rings (SSSR count). The molecule has 0 aliphatic heterocycles. The van der Waals surface area contributed by atoms with Gasteiger partial charge in [-0.1, -0.05) is 39.5 Å². The van der Waals surface area contributed by atoms with E-state index >= 15 is 0 Å². The Morgan fingerprint density at radius 1 is 1.21 bits per heavy atom. The van der Waals surface area contributed by atoms with Crippen molar-refractivity contribution < 1.29 is 0 Å². The minimum atomic E-state index is 0.174. The van der Waals surface area contributed by atoms with Crippen LogP contribution in [0.2, 0.25) is 0 Å². The van der Waals surface area contributed by atoms with Crippen LogP contribution in [0.1, 0.15) is 27.7 Å². The van der Waals surface area contributed by atoms with Gasteiger partial charge in [-0.05, 0) is 24.0 Å². The summed E-state index contributed by atoms with van der Waals surface area (Å²) in [4.78, 5) is 2.13. The van der Waals surface area contributed by atoms with Crippen molar-refractivity contribution in [2.24, 2.45) is 5.41 Å². The number of rotatable bonds is 3. The van der Waals surface area contributed by atoms with Crippen LogP contribution >= 0.6 is 0 Å². The van der Waals surface area contributed by atoms with E-state index in [0.29, 0.717) is 0 Å². The van der Waals surface area contributed by atoms with E-state index in [9.17, 15) is 0 Å². The van der Waals surface area contributed by atoms with Crippen LogP contribution in [-0.2, 0) is 0 Å². The molecule has 0 saturated carbocycles. The summed E-state index contributed by atoms with van der Waals surface area (Å²) in [6.07, 6.45) is 6.07. The molecule has 0 N–H and O–H groups in total. The lowest BCUT2D eigenvalue weighted by molar-refractivity contribution is 0.444. The molecule has 0 fully saturated rings. The van der Waals surface area contributed by atoms with E-state index in [2.05, 4.69) is 65.4 Å². The Hall–Kier alpha value is -0.980. The highest BCUT2D eigenvalue weighted by molar-refractivity contribution is 5.35. The summed E-state index contributed by atoms with van der Waals surface area (Å²) in [6, 6.07) is 0. The van der Waals surface area contributed by atoms with Crippen LogP contribution in [0, 0.1) is 5.41 Å². The van der Waals surface area contributed by atoms with Crippen molar-refractivity contribution in [1.29, 1.82) is 0 Å². The maximum Gasteiger partial charge on any atom is 0.0395 e. The molecule has 0 aliphatic carbocycles. The molecule has 0 saturated heterocycles. The monoisotopic (exact) mass is 193 g/mol. The highest BCUT2D eigenvalue weighted by Crippen LogP contribution is 2.31. The highest BCUT2D eigenvalue weighted by atomic mass is 15.1. The van der Waals surface area contributed by atoms with Gasteiger partial charge in [-0.25, -0.2) is 0 Å². The molecule has 0 spiro atoms. The van der Waals surface area contributed by atoms with E-state index in [0.717, 1.165) is 0 Å². The second kappa shape index (κ2) is 5.04. The van der Waals surface area contributed by atoms with E-state index < -0.39 is 0 Å². The topological polar surface area (TPSA) is 3.24 Å². The zero-order chi connectivity index (χ0) is 11.4. The van der Waals surface area contributed by atoms with Crippen molar-refractivity contribution >= 4 is 0 Å². The van der Waals surface area contributed by atoms with Gasteiger partial charge in [0.05, 0.1) is 0 Å². The Labute approximate surface area is 88.8 Å². The van der Waals surface area contributed by atoms with Crippen LogP contribution in [0.25, 0.3) is 0 Å². The molecule has 1 nitrogen and oxygen atoms in total. The zero-order valence-corrected chi connectivity index (χ0v) is 10.4. The summed E-state index contributed by atoms with van der Waals surface area (Å²) in [6.45, 7) is 12.5. The summed E-state index contributed by atoms with van der Waals surface area (Å²) in [5.74, 6) is 0. The number of hydrogen-bond donors (Lipinski definition) is 0. The van der Waals surface area contributed by atoms with Gasteiger partial charge in [0.2, 0.25) is 0 Å². The third-order valence-electron chi connectivity index (χ3n) is 2.13. The van der Waals surface area contributed by atoms with Crippen LogP contribution in [-0.4, -0.2) is 19.0 Å². The summed E-state index contributed by atoms with van der Waals surface area (Å²) in [5, 5.41) is 0. The van der Waals surface area contributed by atoms with Crippen LogP contribution in [0.4, 0.5) is 0 Å². The lowest BCUT2D eigenvalue weighted by Crippen LogP contribution is -2.21. The predicted octanol–water partition coefficient (Wildman–Crippen LogP) is 3.61. The SMILES string of the molecule is C=C/C=C(/C(=C\C)C(C)(C)C)N(C)C. The molecule has 0 unspecified atom stereocenters. The second-order valence-electron chi connectivity index (χ2n) is 4.63. The Bertz CT molecular complexity index is 249. The van der Waals surface area contributed by atoms with Crippen molar-refractivity contribution in [3.8, 4) is 0 Å². The Kier molecular flexibility index (Phi) is 4.69. The molecule has 0 aromatic heterocycles. The number of likely N-dealkylation sites (N-methyl/N-ethyl adjacent to an activating group) is 1. The van der Waals surface area contributed by atoms with Crippen molar-refractivity contribution in [2.75, 3.05) is 14.1 Å². The largest absolute Gasteiger partial charge is 0.377 e. The van der Waals surface area contributed by atoms with Gasteiger partial charge in [0.25, 0.3) is 0 Å². The Morgan fingerprint density at radius 2 is 1.71 bits per heavy atom. The van der Waals surface area contributed by atoms with Crippen molar-refractivity contribution in [3.63, 3.8) is 0 Å². The smallest absolute Gasteiger partial charge is 0.0395 e. The van der Waals surface area contributed by atoms with Crippen LogP contribution in [0.15, 0.2) is 36.1 Å². The molecular formula is C13H23N. The molecular weight excluding hydrogens is 170 g/mol. The van der Waals surface area contributed by atoms with E-state index in [1.54, 1.807) is 0 Å². The van der Waals surface area contributed by atoms with Gasteiger partial charge in [-0.2, -0.15) is 0 Å². The maximum atomic E-state index is 3.75. The first-order chi connectivity index (χ1) is 6.34. The third kappa shape index (κ3) is 3.41. The third-order valence-corrected chi connectivity index (χ3v) is 2.13. The van der Waals surface area contributed by atoms with E-state index in [1.807, 2.05) is 6.08 Å². The number of allylic oxidation sites excluding steroid dienone is 4. The average Bonchev–Trinajstić information content (AvgIpc) is 2.01. The van der Waals surface area contributed by atoms with Gasteiger partial charge < -0.3 is 4.90 Å². The molecule has 0 aromatic carbocycles. The molecule has 1 heteroatoms. The molecule has 14 heavy (non-hydrogen) atoms. The summed E-state index contributed by atoms with van der Waals surface area (Å²) in [7, 11) is 4.12. The van der Waals surface area contributed by atoms with Gasteiger partial charge >= 0.3 is 0 Å². The summed E-state index contributed by atoms with van der Waals surface area (Å²) >= 11 is 0. The van der Waals surface area contributed by atoms with E-state index in [-0.39, 0.29) is 5.41 Å². The molecule has 0 aromatic rings. The van der Waals surface area contributed by atoms with Gasteiger partial charge in [-0.15, -0.1) is 0 Å². The standard InChI is InChI=1S/C13H23N/c1-8-10-12(14(6)7)11(9-2)13(3,4)5/h8-10H,1H2,2-7H3/b11-9+,12-10-. The molecule has 0 atom stereocenters. The van der Waals surface area contributed by atoms with E-state index in [4.69, 9.17) is 0 Å². The zero-order valence-electron chi connectivity index (χ0n) is 10.4. The summed E-state index contributed by atoms with van der Waals surface area (Å²) in [5.41, 5.74) is 2.76. The van der Waals surface area contributed by atoms with Crippen molar-refractivity contribution in [2.45, 2.75) is 27.7 Å². The normalized spacial score (nSPS) is 14.1. The van der Waals surface area contributed by atoms with Crippen molar-refractivity contribution in [3.05, 3.63) is 36.1 Å². The van der Waals surface area contributed by atoms with Crippen LogP contribution < -0.4 is 0 Å². The first kappa shape index (κ1) is 13.0. The second-order valence-corrected chi connectivity index (χ2v) is 4.63. The fraction of sp³-hybridized carbons (Fsp3) is 0.538. The quantitative estimate of drug-likeness (QED) is 0.619. The fourth-order valence-corrected chi connectivity index (χ4v) is 1.56. The molecule has 0 aliphatic rings. The average molecular weight is 193 g/mol. The molecule has 0 bridgehead atoms. The van der Waals surface area contributed by atoms with E-state index in [1.165, 1.54) is 11.3 Å². The summed E-state index contributed by atoms with van der Waals surface area (Å²) < 4.78 is 0. The molecule has 0 heterocycles. The van der Waals surface area contributed by atoms with Gasteiger partial charge in [-0.3, -0.25) is 0 Å². The predicted molar refractivity (Wildman–Crippen MR) is 65.2 cm³/mol.